The van der Waals surface area contributed by atoms with Gasteiger partial charge in [0.25, 0.3) is 0 Å². The van der Waals surface area contributed by atoms with Gasteiger partial charge in [-0.25, -0.2) is 4.98 Å². The fraction of sp³-hybridized carbons (Fsp3) is 0.200. The molecule has 0 spiro atoms. The van der Waals surface area contributed by atoms with Gasteiger partial charge in [-0.1, -0.05) is 25.1 Å². The first kappa shape index (κ1) is 12.3. The zero-order chi connectivity index (χ0) is 13.0. The Hall–Kier alpha value is -2.16. The number of rotatable bonds is 3. The molecule has 2 rings (SSSR count). The number of carbonyl (C=O) groups is 1. The molecule has 0 fully saturated rings. The van der Waals surface area contributed by atoms with Crippen LogP contribution in [0.4, 0.5) is 11.5 Å². The second-order valence-electron chi connectivity index (χ2n) is 4.11. The van der Waals surface area contributed by atoms with E-state index < -0.39 is 0 Å². The summed E-state index contributed by atoms with van der Waals surface area (Å²) in [6, 6.07) is 13.4. The summed E-state index contributed by atoms with van der Waals surface area (Å²) in [4.78, 5) is 18.1. The van der Waals surface area contributed by atoms with E-state index in [9.17, 15) is 4.79 Å². The second-order valence-corrected chi connectivity index (χ2v) is 4.11. The van der Waals surface area contributed by atoms with Crippen molar-refractivity contribution in [2.75, 3.05) is 4.90 Å². The lowest BCUT2D eigenvalue weighted by Gasteiger charge is -2.21. The van der Waals surface area contributed by atoms with Crippen LogP contribution in [0.25, 0.3) is 0 Å². The van der Waals surface area contributed by atoms with Crippen molar-refractivity contribution in [3.63, 3.8) is 0 Å². The minimum absolute atomic E-state index is 0.0410. The predicted octanol–water partition coefficient (Wildman–Crippen LogP) is 3.46. The van der Waals surface area contributed by atoms with E-state index in [0.717, 1.165) is 11.3 Å². The average molecular weight is 240 g/mol. The number of aryl methyl sites for hydroxylation is 1. The summed E-state index contributed by atoms with van der Waals surface area (Å²) in [5, 5.41) is 0. The first-order chi connectivity index (χ1) is 8.72. The molecule has 0 saturated carbocycles. The maximum Gasteiger partial charge on any atom is 0.232 e. The van der Waals surface area contributed by atoms with Gasteiger partial charge in [0.05, 0.1) is 5.69 Å². The summed E-state index contributed by atoms with van der Waals surface area (Å²) < 4.78 is 0. The van der Waals surface area contributed by atoms with Crippen molar-refractivity contribution >= 4 is 17.4 Å². The standard InChI is InChI=1S/C15H16N2O/c1-3-15(18)17(13-7-5-4-6-8-13)14-11-12(2)9-10-16-14/h4-11H,3H2,1-2H3. The molecule has 0 bridgehead atoms. The van der Waals surface area contributed by atoms with Crippen molar-refractivity contribution in [1.82, 2.24) is 4.98 Å². The van der Waals surface area contributed by atoms with Gasteiger partial charge in [0, 0.05) is 12.6 Å². The van der Waals surface area contributed by atoms with Crippen LogP contribution in [0.15, 0.2) is 48.7 Å². The molecule has 0 aliphatic heterocycles. The number of pyridine rings is 1. The number of aromatic nitrogens is 1. The molecular weight excluding hydrogens is 224 g/mol. The van der Waals surface area contributed by atoms with Gasteiger partial charge in [0.15, 0.2) is 0 Å². The molecule has 0 aliphatic rings. The Labute approximate surface area is 107 Å². The van der Waals surface area contributed by atoms with Gasteiger partial charge in [-0.05, 0) is 36.8 Å². The highest BCUT2D eigenvalue weighted by Crippen LogP contribution is 2.24. The van der Waals surface area contributed by atoms with Crippen molar-refractivity contribution in [3.05, 3.63) is 54.2 Å². The molecule has 0 radical (unpaired) electrons. The number of carbonyl (C=O) groups excluding carboxylic acids is 1. The Morgan fingerprint density at radius 3 is 2.56 bits per heavy atom. The van der Waals surface area contributed by atoms with E-state index in [2.05, 4.69) is 4.98 Å². The zero-order valence-electron chi connectivity index (χ0n) is 10.6. The van der Waals surface area contributed by atoms with Crippen molar-refractivity contribution in [2.24, 2.45) is 0 Å². The normalized spacial score (nSPS) is 10.1. The number of anilines is 2. The van der Waals surface area contributed by atoms with Crippen LogP contribution < -0.4 is 4.90 Å². The molecule has 0 aliphatic carbocycles. The molecule has 2 aromatic rings. The molecule has 1 aromatic heterocycles. The number of benzene rings is 1. The third-order valence-electron chi connectivity index (χ3n) is 2.70. The summed E-state index contributed by atoms with van der Waals surface area (Å²) in [5.41, 5.74) is 1.94. The Bertz CT molecular complexity index is 537. The van der Waals surface area contributed by atoms with Crippen molar-refractivity contribution in [1.29, 1.82) is 0 Å². The maximum atomic E-state index is 12.1. The monoisotopic (exact) mass is 240 g/mol. The number of hydrogen-bond donors (Lipinski definition) is 0. The van der Waals surface area contributed by atoms with Gasteiger partial charge in [0.2, 0.25) is 5.91 Å². The van der Waals surface area contributed by atoms with Crippen molar-refractivity contribution < 1.29 is 4.79 Å². The lowest BCUT2D eigenvalue weighted by Crippen LogP contribution is -2.25. The zero-order valence-corrected chi connectivity index (χ0v) is 10.6. The number of hydrogen-bond acceptors (Lipinski definition) is 2. The summed E-state index contributed by atoms with van der Waals surface area (Å²) in [7, 11) is 0. The van der Waals surface area contributed by atoms with Crippen LogP contribution in [0.2, 0.25) is 0 Å². The molecule has 18 heavy (non-hydrogen) atoms. The van der Waals surface area contributed by atoms with Crippen LogP contribution in [-0.4, -0.2) is 10.9 Å². The van der Waals surface area contributed by atoms with E-state index in [0.29, 0.717) is 12.2 Å². The van der Waals surface area contributed by atoms with Gasteiger partial charge < -0.3 is 0 Å². The summed E-state index contributed by atoms with van der Waals surface area (Å²) in [5.74, 6) is 0.715. The first-order valence-electron chi connectivity index (χ1n) is 6.03. The third-order valence-corrected chi connectivity index (χ3v) is 2.70. The molecule has 92 valence electrons. The van der Waals surface area contributed by atoms with Gasteiger partial charge >= 0.3 is 0 Å². The van der Waals surface area contributed by atoms with Gasteiger partial charge in [-0.3, -0.25) is 9.69 Å². The summed E-state index contributed by atoms with van der Waals surface area (Å²) >= 11 is 0. The number of para-hydroxylation sites is 1. The molecule has 1 heterocycles. The summed E-state index contributed by atoms with van der Waals surface area (Å²) in [6.45, 7) is 3.85. The van der Waals surface area contributed by atoms with Gasteiger partial charge in [-0.2, -0.15) is 0 Å². The highest BCUT2D eigenvalue weighted by atomic mass is 16.2. The summed E-state index contributed by atoms with van der Waals surface area (Å²) in [6.07, 6.45) is 2.17. The average Bonchev–Trinajstić information content (AvgIpc) is 2.40. The second kappa shape index (κ2) is 5.45. The Balaban J connectivity index is 2.47. The third kappa shape index (κ3) is 2.56. The lowest BCUT2D eigenvalue weighted by atomic mass is 10.2. The minimum atomic E-state index is 0.0410. The maximum absolute atomic E-state index is 12.1. The van der Waals surface area contributed by atoms with E-state index in [4.69, 9.17) is 0 Å². The molecule has 0 unspecified atom stereocenters. The molecule has 0 saturated heterocycles. The van der Waals surface area contributed by atoms with Crippen LogP contribution in [0, 0.1) is 6.92 Å². The Kier molecular flexibility index (Phi) is 3.72. The number of amides is 1. The molecule has 3 nitrogen and oxygen atoms in total. The van der Waals surface area contributed by atoms with Gasteiger partial charge in [0.1, 0.15) is 5.82 Å². The van der Waals surface area contributed by atoms with E-state index in [1.54, 1.807) is 11.1 Å². The van der Waals surface area contributed by atoms with Crippen LogP contribution >= 0.6 is 0 Å². The van der Waals surface area contributed by atoms with Crippen LogP contribution in [0.3, 0.4) is 0 Å². The molecule has 3 heteroatoms. The van der Waals surface area contributed by atoms with Crippen LogP contribution in [0.1, 0.15) is 18.9 Å². The first-order valence-corrected chi connectivity index (χ1v) is 6.03. The molecule has 0 atom stereocenters. The Morgan fingerprint density at radius 2 is 1.94 bits per heavy atom. The molecule has 1 aromatic carbocycles. The quantitative estimate of drug-likeness (QED) is 0.823. The largest absolute Gasteiger partial charge is 0.274 e. The van der Waals surface area contributed by atoms with Crippen molar-refractivity contribution in [2.45, 2.75) is 20.3 Å². The van der Waals surface area contributed by atoms with Crippen molar-refractivity contribution in [3.8, 4) is 0 Å². The Morgan fingerprint density at radius 1 is 1.22 bits per heavy atom. The smallest absolute Gasteiger partial charge is 0.232 e. The molecular formula is C15H16N2O. The van der Waals surface area contributed by atoms with Gasteiger partial charge in [-0.15, -0.1) is 0 Å². The molecule has 1 amide bonds. The van der Waals surface area contributed by atoms with E-state index in [-0.39, 0.29) is 5.91 Å². The van der Waals surface area contributed by atoms with Crippen LogP contribution in [-0.2, 0) is 4.79 Å². The fourth-order valence-corrected chi connectivity index (χ4v) is 1.78. The molecule has 0 N–H and O–H groups in total. The van der Waals surface area contributed by atoms with E-state index in [1.807, 2.05) is 56.3 Å². The topological polar surface area (TPSA) is 33.2 Å². The SMILES string of the molecule is CCC(=O)N(c1ccccc1)c1cc(C)ccn1. The fourth-order valence-electron chi connectivity index (χ4n) is 1.78. The van der Waals surface area contributed by atoms with E-state index >= 15 is 0 Å². The highest BCUT2D eigenvalue weighted by molar-refractivity contribution is 5.99. The highest BCUT2D eigenvalue weighted by Gasteiger charge is 2.17. The predicted molar refractivity (Wildman–Crippen MR) is 72.9 cm³/mol. The van der Waals surface area contributed by atoms with E-state index in [1.165, 1.54) is 0 Å². The lowest BCUT2D eigenvalue weighted by molar-refractivity contribution is -0.117. The minimum Gasteiger partial charge on any atom is -0.274 e. The number of nitrogens with zero attached hydrogens (tertiary/aromatic N) is 2. The van der Waals surface area contributed by atoms with Crippen LogP contribution in [0.5, 0.6) is 0 Å².